The molecule has 0 aromatic heterocycles. The predicted molar refractivity (Wildman–Crippen MR) is 93.2 cm³/mol. The highest BCUT2D eigenvalue weighted by Gasteiger charge is 2.27. The van der Waals surface area contributed by atoms with Crippen LogP contribution in [0, 0.1) is 0 Å². The second kappa shape index (κ2) is 8.30. The van der Waals surface area contributed by atoms with Crippen molar-refractivity contribution in [3.63, 3.8) is 0 Å². The van der Waals surface area contributed by atoms with Crippen molar-refractivity contribution in [2.24, 2.45) is 0 Å². The summed E-state index contributed by atoms with van der Waals surface area (Å²) in [4.78, 5) is 11.6. The molecule has 0 saturated carbocycles. The summed E-state index contributed by atoms with van der Waals surface area (Å²) in [6.45, 7) is 0.810. The Balaban J connectivity index is 2.05. The normalized spacial score (nSPS) is 11.7. The molecule has 0 saturated heterocycles. The minimum atomic E-state index is -4.51. The van der Waals surface area contributed by atoms with Gasteiger partial charge in [-0.2, -0.15) is 13.2 Å². The molecule has 2 rings (SSSR count). The predicted octanol–water partition coefficient (Wildman–Crippen LogP) is 3.18. The van der Waals surface area contributed by atoms with Crippen LogP contribution >= 0.6 is 0 Å². The average molecular weight is 402 g/mol. The molecule has 6 nitrogen and oxygen atoms in total. The summed E-state index contributed by atoms with van der Waals surface area (Å²) in [5, 5.41) is 1.73. The van der Waals surface area contributed by atoms with Crippen LogP contribution in [0.4, 0.5) is 18.9 Å². The molecule has 0 aliphatic rings. The summed E-state index contributed by atoms with van der Waals surface area (Å²) in [5.41, 5.74) is 0.138. The van der Waals surface area contributed by atoms with Gasteiger partial charge in [-0.05, 0) is 55.5 Å². The van der Waals surface area contributed by atoms with Gasteiger partial charge in [0.15, 0.2) is 0 Å². The number of halogens is 3. The Kier molecular flexibility index (Phi) is 6.32. The zero-order chi connectivity index (χ0) is 20.1. The molecule has 10 heteroatoms. The number of benzene rings is 2. The van der Waals surface area contributed by atoms with E-state index in [-0.39, 0.29) is 16.1 Å². The van der Waals surface area contributed by atoms with E-state index in [1.807, 2.05) is 0 Å². The third kappa shape index (κ3) is 6.17. The van der Waals surface area contributed by atoms with E-state index in [4.69, 9.17) is 4.74 Å². The monoisotopic (exact) mass is 402 g/mol. The van der Waals surface area contributed by atoms with Crippen LogP contribution in [-0.2, 0) is 10.0 Å². The first-order valence-electron chi connectivity index (χ1n) is 7.81. The van der Waals surface area contributed by atoms with Gasteiger partial charge in [0.25, 0.3) is 15.9 Å². The van der Waals surface area contributed by atoms with Gasteiger partial charge in [0.2, 0.25) is 0 Å². The molecule has 0 fully saturated rings. The Labute approximate surface area is 154 Å². The van der Waals surface area contributed by atoms with Gasteiger partial charge in [0.1, 0.15) is 12.3 Å². The topological polar surface area (TPSA) is 84.5 Å². The number of carbonyl (C=O) groups excluding carboxylic acids is 1. The smallest absolute Gasteiger partial charge is 0.405 e. The number of hydrogen-bond acceptors (Lipinski definition) is 4. The highest BCUT2D eigenvalue weighted by atomic mass is 32.2. The van der Waals surface area contributed by atoms with Crippen LogP contribution in [0.5, 0.6) is 5.75 Å². The maximum atomic E-state index is 12.3. The maximum absolute atomic E-state index is 12.3. The molecule has 2 aromatic carbocycles. The molecule has 146 valence electrons. The fraction of sp³-hybridized carbons (Fsp3) is 0.235. The molecule has 0 aliphatic carbocycles. The summed E-state index contributed by atoms with van der Waals surface area (Å²) in [6, 6.07) is 10.8. The van der Waals surface area contributed by atoms with E-state index in [0.717, 1.165) is 0 Å². The van der Waals surface area contributed by atoms with Crippen molar-refractivity contribution >= 4 is 21.6 Å². The number of alkyl halides is 3. The van der Waals surface area contributed by atoms with Crippen molar-refractivity contribution in [3.8, 4) is 5.75 Å². The number of carbonyl (C=O) groups is 1. The highest BCUT2D eigenvalue weighted by Crippen LogP contribution is 2.20. The van der Waals surface area contributed by atoms with E-state index in [0.29, 0.717) is 12.4 Å². The average Bonchev–Trinajstić information content (AvgIpc) is 2.60. The zero-order valence-electron chi connectivity index (χ0n) is 14.2. The van der Waals surface area contributed by atoms with E-state index >= 15 is 0 Å². The molecule has 0 bridgehead atoms. The van der Waals surface area contributed by atoms with Crippen molar-refractivity contribution in [2.45, 2.75) is 18.0 Å². The Bertz CT molecular complexity index is 880. The first-order valence-corrected chi connectivity index (χ1v) is 9.30. The van der Waals surface area contributed by atoms with Crippen LogP contribution in [0.3, 0.4) is 0 Å². The highest BCUT2D eigenvalue weighted by molar-refractivity contribution is 7.92. The summed E-state index contributed by atoms with van der Waals surface area (Å²) < 4.78 is 68.6. The van der Waals surface area contributed by atoms with Gasteiger partial charge >= 0.3 is 6.18 Å². The standard InChI is InChI=1S/C17H17F3N2O4S/c1-2-26-14-7-9-15(10-8-14)27(24,25)22-13-5-3-12(4-6-13)16(23)21-11-17(18,19)20/h3-10,22H,2,11H2,1H3,(H,21,23). The van der Waals surface area contributed by atoms with Crippen LogP contribution in [0.2, 0.25) is 0 Å². The van der Waals surface area contributed by atoms with Crippen LogP contribution in [0.1, 0.15) is 17.3 Å². The van der Waals surface area contributed by atoms with Crippen LogP contribution < -0.4 is 14.8 Å². The molecule has 2 N–H and O–H groups in total. The Hall–Kier alpha value is -2.75. The van der Waals surface area contributed by atoms with Gasteiger partial charge in [-0.15, -0.1) is 0 Å². The molecule has 2 aromatic rings. The summed E-state index contributed by atoms with van der Waals surface area (Å²) in [7, 11) is -3.86. The van der Waals surface area contributed by atoms with Crippen LogP contribution in [0.25, 0.3) is 0 Å². The molecule has 0 heterocycles. The molecule has 27 heavy (non-hydrogen) atoms. The second-order valence-corrected chi connectivity index (χ2v) is 7.07. The van der Waals surface area contributed by atoms with Crippen LogP contribution in [0.15, 0.2) is 53.4 Å². The molecule has 0 unspecified atom stereocenters. The maximum Gasteiger partial charge on any atom is 0.405 e. The van der Waals surface area contributed by atoms with Crippen molar-refractivity contribution in [1.82, 2.24) is 5.32 Å². The third-order valence-electron chi connectivity index (χ3n) is 3.29. The number of nitrogens with one attached hydrogen (secondary N) is 2. The summed E-state index contributed by atoms with van der Waals surface area (Å²) >= 11 is 0. The largest absolute Gasteiger partial charge is 0.494 e. The molecular weight excluding hydrogens is 385 g/mol. The molecule has 0 atom stereocenters. The third-order valence-corrected chi connectivity index (χ3v) is 4.69. The lowest BCUT2D eigenvalue weighted by Gasteiger charge is -2.11. The molecule has 0 spiro atoms. The fourth-order valence-corrected chi connectivity index (χ4v) is 3.13. The molecule has 0 radical (unpaired) electrons. The molecule has 0 aliphatic heterocycles. The van der Waals surface area contributed by atoms with Crippen molar-refractivity contribution < 1.29 is 31.1 Å². The van der Waals surface area contributed by atoms with Crippen molar-refractivity contribution in [2.75, 3.05) is 17.9 Å². The molecule has 1 amide bonds. The Morgan fingerprint density at radius 1 is 1.04 bits per heavy atom. The number of amides is 1. The number of sulfonamides is 1. The second-order valence-electron chi connectivity index (χ2n) is 5.39. The number of ether oxygens (including phenoxy) is 1. The van der Waals surface area contributed by atoms with E-state index in [1.54, 1.807) is 12.2 Å². The minimum absolute atomic E-state index is 0.0120. The van der Waals surface area contributed by atoms with Gasteiger partial charge in [0, 0.05) is 11.3 Å². The van der Waals surface area contributed by atoms with E-state index in [2.05, 4.69) is 4.72 Å². The first kappa shape index (κ1) is 20.6. The summed E-state index contributed by atoms with van der Waals surface area (Å²) in [6.07, 6.45) is -4.51. The molecular formula is C17H17F3N2O4S. The van der Waals surface area contributed by atoms with Gasteiger partial charge in [-0.3, -0.25) is 9.52 Å². The minimum Gasteiger partial charge on any atom is -0.494 e. The van der Waals surface area contributed by atoms with Gasteiger partial charge in [-0.25, -0.2) is 8.42 Å². The first-order chi connectivity index (χ1) is 12.6. The lowest BCUT2D eigenvalue weighted by atomic mass is 10.2. The fourth-order valence-electron chi connectivity index (χ4n) is 2.07. The Morgan fingerprint density at radius 3 is 2.15 bits per heavy atom. The van der Waals surface area contributed by atoms with Crippen molar-refractivity contribution in [1.29, 1.82) is 0 Å². The van der Waals surface area contributed by atoms with E-state index in [1.165, 1.54) is 48.5 Å². The SMILES string of the molecule is CCOc1ccc(S(=O)(=O)Nc2ccc(C(=O)NCC(F)(F)F)cc2)cc1. The zero-order valence-corrected chi connectivity index (χ0v) is 15.0. The number of hydrogen-bond donors (Lipinski definition) is 2. The lowest BCUT2D eigenvalue weighted by molar-refractivity contribution is -0.123. The van der Waals surface area contributed by atoms with E-state index < -0.39 is 28.7 Å². The number of anilines is 1. The summed E-state index contributed by atoms with van der Waals surface area (Å²) in [5.74, 6) is -0.376. The number of rotatable bonds is 7. The van der Waals surface area contributed by atoms with Crippen molar-refractivity contribution in [3.05, 3.63) is 54.1 Å². The van der Waals surface area contributed by atoms with Gasteiger partial charge < -0.3 is 10.1 Å². The van der Waals surface area contributed by atoms with Crippen LogP contribution in [-0.4, -0.2) is 33.7 Å². The van der Waals surface area contributed by atoms with E-state index in [9.17, 15) is 26.4 Å². The quantitative estimate of drug-likeness (QED) is 0.745. The van der Waals surface area contributed by atoms with Gasteiger partial charge in [0.05, 0.1) is 11.5 Å². The lowest BCUT2D eigenvalue weighted by Crippen LogP contribution is -2.33. The van der Waals surface area contributed by atoms with Gasteiger partial charge in [-0.1, -0.05) is 0 Å². The Morgan fingerprint density at radius 2 is 1.63 bits per heavy atom.